The van der Waals surface area contributed by atoms with Crippen molar-refractivity contribution in [2.45, 2.75) is 159 Å². The summed E-state index contributed by atoms with van der Waals surface area (Å²) in [4.78, 5) is 18.7. The minimum absolute atomic E-state index is 0. The standard InChI is InChI=1S/C28H27N2.C14H15N2.C11H24O2.C5H12O2.2Ir/c1-17-10-18(2)13-23(12-17)27-28(24-14-19(3)11-20(4)15-24)30-25(16-29-27)26-21(5)8-7-9-22(26)6;1-14(2,3)13-9-12(15-10-16-13)11-7-5-4-6-8-11;1-8(2)5-10(12)7-11(13)6-9(3)4;1-4(6)3-5(2)7;;/h7-12,14-16H,1-6H3;4-7,9-10H,1-3H3;8-13H,5-7H2,1-4H3;4-7H,3H2,1-2H3;;/q2*-1;;;;. The molecule has 10 heteroatoms. The van der Waals surface area contributed by atoms with Crippen LogP contribution in [-0.2, 0) is 45.6 Å². The van der Waals surface area contributed by atoms with Crippen LogP contribution in [0.5, 0.6) is 0 Å². The first-order valence-corrected chi connectivity index (χ1v) is 23.5. The van der Waals surface area contributed by atoms with Gasteiger partial charge in [0.15, 0.2) is 0 Å². The fourth-order valence-electron chi connectivity index (χ4n) is 7.82. The molecule has 0 aliphatic carbocycles. The number of rotatable bonds is 12. The normalized spacial score (nSPS) is 12.7. The molecule has 4 atom stereocenters. The largest absolute Gasteiger partial charge is 0.393 e. The topological polar surface area (TPSA) is 132 Å². The Labute approximate surface area is 436 Å². The van der Waals surface area contributed by atoms with Crippen molar-refractivity contribution in [3.8, 4) is 45.0 Å². The van der Waals surface area contributed by atoms with Crippen LogP contribution in [0.25, 0.3) is 45.0 Å². The minimum Gasteiger partial charge on any atom is -0.393 e. The molecule has 0 aliphatic heterocycles. The Hall–Kier alpha value is -3.82. The van der Waals surface area contributed by atoms with Crippen LogP contribution < -0.4 is 0 Å². The second-order valence-corrected chi connectivity index (χ2v) is 19.9. The van der Waals surface area contributed by atoms with Gasteiger partial charge in [0.25, 0.3) is 0 Å². The summed E-state index contributed by atoms with van der Waals surface area (Å²) in [5, 5.41) is 36.2. The number of aliphatic hydroxyl groups is 4. The number of aromatic nitrogens is 4. The average Bonchev–Trinajstić information content (AvgIpc) is 3.20. The molecule has 0 spiro atoms. The van der Waals surface area contributed by atoms with Gasteiger partial charge >= 0.3 is 0 Å². The van der Waals surface area contributed by atoms with Crippen LogP contribution >= 0.6 is 0 Å². The van der Waals surface area contributed by atoms with Gasteiger partial charge in [0.2, 0.25) is 0 Å². The molecule has 0 saturated carbocycles. The van der Waals surface area contributed by atoms with Crippen molar-refractivity contribution >= 4 is 0 Å². The molecule has 2 aromatic heterocycles. The summed E-state index contributed by atoms with van der Waals surface area (Å²) in [6.45, 7) is 30.8. The van der Waals surface area contributed by atoms with Crippen LogP contribution in [0.4, 0.5) is 0 Å². The molecule has 4 aromatic carbocycles. The van der Waals surface area contributed by atoms with E-state index in [2.05, 4.69) is 161 Å². The van der Waals surface area contributed by atoms with E-state index < -0.39 is 0 Å². The van der Waals surface area contributed by atoms with E-state index in [0.717, 1.165) is 69.1 Å². The summed E-state index contributed by atoms with van der Waals surface area (Å²) in [6.07, 6.45) is 4.67. The van der Waals surface area contributed by atoms with Gasteiger partial charge in [0, 0.05) is 68.8 Å². The maximum atomic E-state index is 9.54. The number of hydrogen-bond donors (Lipinski definition) is 4. The smallest absolute Gasteiger partial charge is 0.105 e. The van der Waals surface area contributed by atoms with Gasteiger partial charge in [-0.15, -0.1) is 70.8 Å². The summed E-state index contributed by atoms with van der Waals surface area (Å²) in [5.74, 6) is 1.00. The summed E-state index contributed by atoms with van der Waals surface area (Å²) in [6, 6.07) is 33.7. The number of nitrogens with zero attached hydrogens (tertiary/aromatic N) is 4. The molecule has 4 N–H and O–H groups in total. The van der Waals surface area contributed by atoms with Gasteiger partial charge < -0.3 is 25.4 Å². The van der Waals surface area contributed by atoms with Crippen LogP contribution in [0.15, 0.2) is 91.4 Å². The Balaban J connectivity index is 0.000000514. The molecule has 6 aromatic rings. The molecule has 374 valence electrons. The molecule has 8 nitrogen and oxygen atoms in total. The third kappa shape index (κ3) is 21.9. The zero-order valence-electron chi connectivity index (χ0n) is 43.2. The fraction of sp³-hybridized carbons (Fsp3) is 0.448. The van der Waals surface area contributed by atoms with Crippen LogP contribution in [0.2, 0.25) is 0 Å². The Morgan fingerprint density at radius 1 is 0.559 bits per heavy atom. The molecule has 0 bridgehead atoms. The molecule has 0 amide bonds. The van der Waals surface area contributed by atoms with Crippen molar-refractivity contribution in [3.63, 3.8) is 0 Å². The van der Waals surface area contributed by atoms with E-state index in [1.54, 1.807) is 20.2 Å². The Bertz CT molecular complexity index is 2320. The van der Waals surface area contributed by atoms with Crippen molar-refractivity contribution in [2.24, 2.45) is 11.8 Å². The second-order valence-electron chi connectivity index (χ2n) is 19.9. The zero-order valence-corrected chi connectivity index (χ0v) is 48.0. The molecular formula is C58H78Ir2N4O4-2. The fourth-order valence-corrected chi connectivity index (χ4v) is 7.82. The predicted molar refractivity (Wildman–Crippen MR) is 274 cm³/mol. The Morgan fingerprint density at radius 3 is 1.59 bits per heavy atom. The summed E-state index contributed by atoms with van der Waals surface area (Å²) in [5.41, 5.74) is 16.1. The SMILES string of the molecule is CC(C)(C)c1cc(-c2[c-]cccc2)ncn1.CC(C)CC(O)CC(O)CC(C)C.CC(O)CC(C)O.Cc1[c-]c(-c2ncc(-c3c(C)cccc3C)nc2-c2cc(C)cc(C)c2)cc(C)c1.[Ir].[Ir]. The van der Waals surface area contributed by atoms with Gasteiger partial charge in [0.05, 0.1) is 35.8 Å². The maximum absolute atomic E-state index is 9.54. The molecule has 2 radical (unpaired) electrons. The summed E-state index contributed by atoms with van der Waals surface area (Å²) >= 11 is 0. The van der Waals surface area contributed by atoms with E-state index in [0.29, 0.717) is 24.7 Å². The Kier molecular flexibility index (Phi) is 27.5. The molecule has 0 aliphatic rings. The van der Waals surface area contributed by atoms with E-state index >= 15 is 0 Å². The van der Waals surface area contributed by atoms with E-state index in [1.165, 1.54) is 27.8 Å². The van der Waals surface area contributed by atoms with E-state index in [4.69, 9.17) is 20.2 Å². The quantitative estimate of drug-likeness (QED) is 0.0891. The van der Waals surface area contributed by atoms with Gasteiger partial charge in [-0.1, -0.05) is 116 Å². The first-order valence-electron chi connectivity index (χ1n) is 23.5. The number of aliphatic hydroxyl groups excluding tert-OH is 4. The van der Waals surface area contributed by atoms with Gasteiger partial charge in [-0.05, 0) is 101 Å². The third-order valence-corrected chi connectivity index (χ3v) is 10.5. The van der Waals surface area contributed by atoms with E-state index in [9.17, 15) is 10.2 Å². The molecule has 2 heterocycles. The van der Waals surface area contributed by atoms with E-state index in [-0.39, 0.29) is 70.0 Å². The van der Waals surface area contributed by atoms with Crippen LogP contribution in [0, 0.1) is 65.5 Å². The number of benzene rings is 4. The van der Waals surface area contributed by atoms with Crippen molar-refractivity contribution in [2.75, 3.05) is 0 Å². The van der Waals surface area contributed by atoms with Crippen LogP contribution in [0.1, 0.15) is 127 Å². The van der Waals surface area contributed by atoms with Gasteiger partial charge in [0.1, 0.15) is 6.33 Å². The van der Waals surface area contributed by atoms with Gasteiger partial charge in [-0.3, -0.25) is 9.97 Å². The molecular weight excluding hydrogens is 1200 g/mol. The summed E-state index contributed by atoms with van der Waals surface area (Å²) < 4.78 is 0. The number of aryl methyl sites for hydroxylation is 6. The van der Waals surface area contributed by atoms with E-state index in [1.807, 2.05) is 36.5 Å². The van der Waals surface area contributed by atoms with Gasteiger partial charge in [-0.2, -0.15) is 0 Å². The van der Waals surface area contributed by atoms with Crippen molar-refractivity contribution in [3.05, 3.63) is 143 Å². The Morgan fingerprint density at radius 2 is 1.12 bits per heavy atom. The molecule has 68 heavy (non-hydrogen) atoms. The van der Waals surface area contributed by atoms with Crippen LogP contribution in [-0.4, -0.2) is 64.8 Å². The molecule has 0 fully saturated rings. The predicted octanol–water partition coefficient (Wildman–Crippen LogP) is 12.7. The summed E-state index contributed by atoms with van der Waals surface area (Å²) in [7, 11) is 0. The van der Waals surface area contributed by atoms with Crippen molar-refractivity contribution in [1.29, 1.82) is 0 Å². The van der Waals surface area contributed by atoms with Crippen molar-refractivity contribution in [1.82, 2.24) is 19.9 Å². The number of hydrogen-bond acceptors (Lipinski definition) is 8. The van der Waals surface area contributed by atoms with Crippen molar-refractivity contribution < 1.29 is 60.6 Å². The zero-order chi connectivity index (χ0) is 49.3. The molecule has 0 saturated heterocycles. The third-order valence-electron chi connectivity index (χ3n) is 10.5. The molecule has 6 rings (SSSR count). The second kappa shape index (κ2) is 30.0. The first-order chi connectivity index (χ1) is 30.9. The minimum atomic E-state index is -0.375. The van der Waals surface area contributed by atoms with Crippen LogP contribution in [0.3, 0.4) is 0 Å². The maximum Gasteiger partial charge on any atom is 0.105 e. The van der Waals surface area contributed by atoms with Gasteiger partial charge in [-0.25, -0.2) is 4.98 Å². The monoisotopic (exact) mass is 1280 g/mol. The molecule has 4 unspecified atom stereocenters. The average molecular weight is 1280 g/mol. The first kappa shape index (κ1) is 62.2.